The lowest BCUT2D eigenvalue weighted by Gasteiger charge is -2.10. The van der Waals surface area contributed by atoms with Crippen LogP contribution in [0.15, 0.2) is 85.9 Å². The van der Waals surface area contributed by atoms with Crippen LogP contribution in [0.1, 0.15) is 33.4 Å². The van der Waals surface area contributed by atoms with Gasteiger partial charge < -0.3 is 15.4 Å². The number of nitrogens with zero attached hydrogens (tertiary/aromatic N) is 2. The number of anilines is 1. The van der Waals surface area contributed by atoms with E-state index in [-0.39, 0.29) is 11.6 Å². The maximum atomic E-state index is 13.0. The number of hydrogen-bond donors (Lipinski definition) is 4. The molecule has 3 aromatic rings. The standard InChI is InChI=1S/C17H17FN4O.C4H5NO.2C2H6.CH3F/c1-4-5-6-12(2)19-17(23)20-16-11-13(3)21-22(16)15-9-7-14(18)8-10-15;6-4-1-2-5-3-4;3*1-2/h4-11H,1-2H2,3H3,(H2,19,20,23);1-3,5-6H;2*1-2H3;1H3/b6-5-;;;;. The summed E-state index contributed by atoms with van der Waals surface area (Å²) in [5, 5.41) is 18.0. The molecule has 0 aliphatic rings. The van der Waals surface area contributed by atoms with Crippen molar-refractivity contribution in [1.29, 1.82) is 0 Å². The number of carbonyl (C=O) groups is 1. The largest absolute Gasteiger partial charge is 0.506 e. The molecule has 0 saturated heterocycles. The number of hydrogen-bond acceptors (Lipinski definition) is 3. The summed E-state index contributed by atoms with van der Waals surface area (Å²) in [5.74, 6) is 0.414. The topological polar surface area (TPSA) is 95.0 Å². The molecule has 0 spiro atoms. The number of carbonyl (C=O) groups excluding carboxylic acids is 1. The van der Waals surface area contributed by atoms with Crippen LogP contribution >= 0.6 is 0 Å². The van der Waals surface area contributed by atoms with Crippen molar-refractivity contribution in [2.75, 3.05) is 12.5 Å². The highest BCUT2D eigenvalue weighted by Crippen LogP contribution is 2.17. The number of urea groups is 1. The molecule has 0 saturated carbocycles. The fraction of sp³-hybridized carbons (Fsp3) is 0.231. The van der Waals surface area contributed by atoms with Gasteiger partial charge >= 0.3 is 6.03 Å². The minimum absolute atomic E-state index is 0.287. The van der Waals surface area contributed by atoms with Crippen LogP contribution < -0.4 is 10.6 Å². The predicted molar refractivity (Wildman–Crippen MR) is 141 cm³/mol. The van der Waals surface area contributed by atoms with Gasteiger partial charge in [0.2, 0.25) is 0 Å². The van der Waals surface area contributed by atoms with E-state index in [1.165, 1.54) is 23.0 Å². The molecule has 3 rings (SSSR count). The third kappa shape index (κ3) is 13.9. The van der Waals surface area contributed by atoms with Crippen molar-refractivity contribution in [3.05, 3.63) is 97.4 Å². The Bertz CT molecular complexity index is 995. The highest BCUT2D eigenvalue weighted by Gasteiger charge is 2.11. The number of H-pyrrole nitrogens is 1. The monoisotopic (exact) mass is 489 g/mol. The maximum Gasteiger partial charge on any atom is 0.324 e. The molecule has 0 aliphatic carbocycles. The highest BCUT2D eigenvalue weighted by molar-refractivity contribution is 5.90. The number of allylic oxidation sites excluding steroid dienone is 3. The highest BCUT2D eigenvalue weighted by atomic mass is 19.1. The minimum Gasteiger partial charge on any atom is -0.506 e. The van der Waals surface area contributed by atoms with Gasteiger partial charge in [0.05, 0.1) is 18.6 Å². The van der Waals surface area contributed by atoms with Crippen molar-refractivity contribution in [3.63, 3.8) is 0 Å². The van der Waals surface area contributed by atoms with Gasteiger partial charge in [0.25, 0.3) is 0 Å². The molecule has 2 amide bonds. The molecule has 0 aliphatic heterocycles. The molecule has 2 heterocycles. The molecular formula is C26H37F2N5O2. The fourth-order valence-corrected chi connectivity index (χ4v) is 2.20. The molecule has 2 aromatic heterocycles. The summed E-state index contributed by atoms with van der Waals surface area (Å²) in [4.78, 5) is 14.7. The Morgan fingerprint density at radius 1 is 1.14 bits per heavy atom. The molecule has 192 valence electrons. The summed E-state index contributed by atoms with van der Waals surface area (Å²) in [6.07, 6.45) is 8.04. The Hall–Kier alpha value is -4.14. The Labute approximate surface area is 206 Å². The maximum absolute atomic E-state index is 13.0. The summed E-state index contributed by atoms with van der Waals surface area (Å²) in [5.41, 5.74) is 1.78. The van der Waals surface area contributed by atoms with Gasteiger partial charge in [-0.25, -0.2) is 13.9 Å². The lowest BCUT2D eigenvalue weighted by molar-refractivity contribution is 0.254. The summed E-state index contributed by atoms with van der Waals surface area (Å²) in [7, 11) is 0.500. The SMILES string of the molecule is C=C/C=C\C(=C)NC(=O)Nc1cc(C)nn1-c1ccc(F)cc1.CC.CC.CF.Oc1cc[nH]c1. The Morgan fingerprint density at radius 2 is 1.74 bits per heavy atom. The molecule has 0 atom stereocenters. The van der Waals surface area contributed by atoms with Crippen molar-refractivity contribution >= 4 is 11.8 Å². The van der Waals surface area contributed by atoms with Crippen LogP contribution in [0.4, 0.5) is 19.4 Å². The van der Waals surface area contributed by atoms with Crippen molar-refractivity contribution < 1.29 is 18.7 Å². The molecule has 7 nitrogen and oxygen atoms in total. The zero-order valence-corrected chi connectivity index (χ0v) is 21.3. The van der Waals surface area contributed by atoms with Crippen LogP contribution in [0.25, 0.3) is 5.69 Å². The van der Waals surface area contributed by atoms with Crippen molar-refractivity contribution in [3.8, 4) is 11.4 Å². The van der Waals surface area contributed by atoms with Crippen molar-refractivity contribution in [2.45, 2.75) is 34.6 Å². The third-order valence-electron chi connectivity index (χ3n) is 3.43. The van der Waals surface area contributed by atoms with E-state index >= 15 is 0 Å². The van der Waals surface area contributed by atoms with Gasteiger partial charge in [0, 0.05) is 24.2 Å². The molecule has 0 radical (unpaired) electrons. The molecule has 0 unspecified atom stereocenters. The number of halogens is 2. The van der Waals surface area contributed by atoms with E-state index in [1.807, 2.05) is 27.7 Å². The van der Waals surface area contributed by atoms with Crippen LogP contribution in [0.3, 0.4) is 0 Å². The van der Waals surface area contributed by atoms with E-state index in [0.717, 1.165) is 5.69 Å². The van der Waals surface area contributed by atoms with E-state index in [0.29, 0.717) is 24.4 Å². The summed E-state index contributed by atoms with van der Waals surface area (Å²) in [6.45, 7) is 17.0. The lowest BCUT2D eigenvalue weighted by atomic mass is 10.3. The average Bonchev–Trinajstić information content (AvgIpc) is 3.50. The quantitative estimate of drug-likeness (QED) is 0.289. The summed E-state index contributed by atoms with van der Waals surface area (Å²) >= 11 is 0. The Balaban J connectivity index is 0. The normalized spacial score (nSPS) is 8.91. The number of rotatable bonds is 5. The molecular weight excluding hydrogens is 452 g/mol. The molecule has 4 N–H and O–H groups in total. The second-order valence-electron chi connectivity index (χ2n) is 5.83. The van der Waals surface area contributed by atoms with E-state index < -0.39 is 6.03 Å². The van der Waals surface area contributed by atoms with Gasteiger partial charge in [0.15, 0.2) is 0 Å². The molecule has 35 heavy (non-hydrogen) atoms. The first-order valence-corrected chi connectivity index (χ1v) is 11.0. The van der Waals surface area contributed by atoms with Crippen molar-refractivity contribution in [1.82, 2.24) is 20.1 Å². The second kappa shape index (κ2) is 20.5. The summed E-state index contributed by atoms with van der Waals surface area (Å²) < 4.78 is 24.1. The van der Waals surface area contributed by atoms with Crippen molar-refractivity contribution in [2.24, 2.45) is 0 Å². The number of aryl methyl sites for hydroxylation is 1. The molecule has 1 aromatic carbocycles. The van der Waals surface area contributed by atoms with Crippen LogP contribution in [-0.4, -0.2) is 33.1 Å². The van der Waals surface area contributed by atoms with E-state index in [1.54, 1.807) is 55.6 Å². The number of amides is 2. The Kier molecular flexibility index (Phi) is 19.3. The van der Waals surface area contributed by atoms with Gasteiger partial charge in [-0.05, 0) is 43.3 Å². The van der Waals surface area contributed by atoms with Gasteiger partial charge in [0.1, 0.15) is 17.4 Å². The van der Waals surface area contributed by atoms with Crippen LogP contribution in [0.2, 0.25) is 0 Å². The van der Waals surface area contributed by atoms with E-state index in [4.69, 9.17) is 5.11 Å². The predicted octanol–water partition coefficient (Wildman–Crippen LogP) is 7.06. The number of nitrogens with one attached hydrogen (secondary N) is 3. The number of alkyl halides is 1. The zero-order valence-electron chi connectivity index (χ0n) is 21.3. The van der Waals surface area contributed by atoms with Crippen LogP contribution in [0.5, 0.6) is 5.75 Å². The lowest BCUT2D eigenvalue weighted by Crippen LogP contribution is -2.28. The van der Waals surface area contributed by atoms with Gasteiger partial charge in [-0.1, -0.05) is 53.0 Å². The average molecular weight is 490 g/mol. The van der Waals surface area contributed by atoms with E-state index in [2.05, 4.69) is 33.9 Å². The zero-order chi connectivity index (χ0) is 27.2. The third-order valence-corrected chi connectivity index (χ3v) is 3.43. The number of aromatic hydroxyl groups is 1. The van der Waals surface area contributed by atoms with Crippen LogP contribution in [-0.2, 0) is 0 Å². The summed E-state index contributed by atoms with van der Waals surface area (Å²) in [6, 6.07) is 8.67. The fourth-order valence-electron chi connectivity index (χ4n) is 2.20. The number of aromatic amines is 1. The molecule has 9 heteroatoms. The first kappa shape index (κ1) is 33.0. The second-order valence-corrected chi connectivity index (χ2v) is 5.83. The number of benzene rings is 1. The van der Waals surface area contributed by atoms with Gasteiger partial charge in [-0.2, -0.15) is 5.10 Å². The van der Waals surface area contributed by atoms with E-state index in [9.17, 15) is 13.6 Å². The molecule has 0 bridgehead atoms. The minimum atomic E-state index is -0.452. The van der Waals surface area contributed by atoms with Gasteiger partial charge in [-0.15, -0.1) is 0 Å². The first-order valence-electron chi connectivity index (χ1n) is 11.0. The van der Waals surface area contributed by atoms with Gasteiger partial charge in [-0.3, -0.25) is 9.71 Å². The first-order chi connectivity index (χ1) is 16.9. The van der Waals surface area contributed by atoms with Crippen LogP contribution in [0, 0.1) is 12.7 Å². The number of aromatic nitrogens is 3. The smallest absolute Gasteiger partial charge is 0.324 e. The molecule has 0 fully saturated rings. The Morgan fingerprint density at radius 3 is 2.20 bits per heavy atom.